The van der Waals surface area contributed by atoms with Gasteiger partial charge >= 0.3 is 11.2 Å². The number of likely N-dealkylation sites (tertiary alicyclic amines) is 1. The number of aromatic nitrogens is 2. The molecule has 2 atom stereocenters. The van der Waals surface area contributed by atoms with Crippen LogP contribution in [0.1, 0.15) is 30.0 Å². The van der Waals surface area contributed by atoms with Gasteiger partial charge in [0.2, 0.25) is 5.91 Å². The summed E-state index contributed by atoms with van der Waals surface area (Å²) < 4.78 is 3.64. The van der Waals surface area contributed by atoms with Gasteiger partial charge in [0.1, 0.15) is 0 Å². The van der Waals surface area contributed by atoms with Gasteiger partial charge in [0.25, 0.3) is 0 Å². The second-order valence-corrected chi connectivity index (χ2v) is 8.70. The number of para-hydroxylation sites is 1. The lowest BCUT2D eigenvalue weighted by atomic mass is 9.83. The molecule has 1 unspecified atom stereocenters. The van der Waals surface area contributed by atoms with Crippen molar-refractivity contribution in [1.82, 2.24) is 14.0 Å². The van der Waals surface area contributed by atoms with Gasteiger partial charge in [-0.3, -0.25) is 19.7 Å². The Bertz CT molecular complexity index is 1260. The van der Waals surface area contributed by atoms with Crippen LogP contribution in [-0.4, -0.2) is 38.0 Å². The third kappa shape index (κ3) is 3.32. The van der Waals surface area contributed by atoms with E-state index in [1.54, 1.807) is 10.6 Å². The van der Waals surface area contributed by atoms with E-state index in [1.807, 2.05) is 24.1 Å². The zero-order valence-corrected chi connectivity index (χ0v) is 17.4. The van der Waals surface area contributed by atoms with Crippen LogP contribution in [0.25, 0.3) is 10.9 Å². The van der Waals surface area contributed by atoms with Crippen LogP contribution in [0.15, 0.2) is 47.4 Å². The molecular formula is C23H24N4O4. The monoisotopic (exact) mass is 420 g/mol. The van der Waals surface area contributed by atoms with Gasteiger partial charge in [0.05, 0.1) is 4.92 Å². The van der Waals surface area contributed by atoms with E-state index in [1.165, 1.54) is 17.0 Å². The smallest absolute Gasteiger partial charge is 0.334 e. The molecule has 0 saturated carbocycles. The number of pyridine rings is 1. The molecule has 2 aromatic heterocycles. The minimum absolute atomic E-state index is 0.0440. The minimum Gasteiger partial charge on any atom is -0.350 e. The van der Waals surface area contributed by atoms with Crippen LogP contribution in [0.3, 0.4) is 0 Å². The lowest BCUT2D eigenvalue weighted by Crippen LogP contribution is -2.49. The van der Waals surface area contributed by atoms with Crippen molar-refractivity contribution in [2.75, 3.05) is 13.1 Å². The Balaban J connectivity index is 1.32. The van der Waals surface area contributed by atoms with Gasteiger partial charge in [0, 0.05) is 67.9 Å². The van der Waals surface area contributed by atoms with Crippen LogP contribution in [0.2, 0.25) is 0 Å². The number of rotatable bonds is 4. The van der Waals surface area contributed by atoms with Crippen molar-refractivity contribution in [2.45, 2.75) is 31.7 Å². The molecule has 2 aliphatic heterocycles. The Morgan fingerprint density at radius 2 is 1.97 bits per heavy atom. The highest BCUT2D eigenvalue weighted by atomic mass is 16.6. The van der Waals surface area contributed by atoms with Gasteiger partial charge in [-0.2, -0.15) is 0 Å². The third-order valence-electron chi connectivity index (χ3n) is 6.72. The van der Waals surface area contributed by atoms with Crippen molar-refractivity contribution in [1.29, 1.82) is 0 Å². The molecule has 4 heterocycles. The van der Waals surface area contributed by atoms with Crippen molar-refractivity contribution in [2.24, 2.45) is 13.0 Å². The molecule has 2 aliphatic rings. The molecule has 2 bridgehead atoms. The maximum absolute atomic E-state index is 13.0. The molecule has 0 radical (unpaired) electrons. The van der Waals surface area contributed by atoms with Crippen LogP contribution in [0, 0.1) is 16.0 Å². The van der Waals surface area contributed by atoms with Crippen LogP contribution in [0.4, 0.5) is 5.69 Å². The zero-order valence-electron chi connectivity index (χ0n) is 17.4. The molecule has 1 aromatic carbocycles. The van der Waals surface area contributed by atoms with E-state index in [0.717, 1.165) is 17.6 Å². The first-order valence-corrected chi connectivity index (χ1v) is 10.6. The van der Waals surface area contributed by atoms with Crippen LogP contribution < -0.4 is 5.56 Å². The Labute approximate surface area is 178 Å². The third-order valence-corrected chi connectivity index (χ3v) is 6.72. The van der Waals surface area contributed by atoms with Crippen LogP contribution in [-0.2, 0) is 24.8 Å². The number of fused-ring (bicyclic) bond motifs is 5. The number of carbonyl (C=O) groups is 1. The molecule has 3 aromatic rings. The van der Waals surface area contributed by atoms with Gasteiger partial charge in [-0.05, 0) is 36.5 Å². The summed E-state index contributed by atoms with van der Waals surface area (Å²) in [5, 5.41) is 12.3. The Morgan fingerprint density at radius 1 is 1.16 bits per heavy atom. The van der Waals surface area contributed by atoms with Crippen molar-refractivity contribution in [3.8, 4) is 0 Å². The molecule has 160 valence electrons. The average Bonchev–Trinajstić information content (AvgIpc) is 3.08. The van der Waals surface area contributed by atoms with Gasteiger partial charge in [-0.25, -0.2) is 0 Å². The number of carbonyl (C=O) groups excluding carboxylic acids is 1. The highest BCUT2D eigenvalue weighted by Crippen LogP contribution is 2.36. The number of aryl methyl sites for hydroxylation is 2. The topological polar surface area (TPSA) is 90.4 Å². The summed E-state index contributed by atoms with van der Waals surface area (Å²) in [6, 6.07) is 11.2. The largest absolute Gasteiger partial charge is 0.350 e. The van der Waals surface area contributed by atoms with Crippen molar-refractivity contribution < 1.29 is 9.72 Å². The molecule has 5 rings (SSSR count). The Morgan fingerprint density at radius 3 is 2.77 bits per heavy atom. The summed E-state index contributed by atoms with van der Waals surface area (Å²) in [6.45, 7) is 1.58. The number of hydrogen-bond acceptors (Lipinski definition) is 4. The predicted octanol–water partition coefficient (Wildman–Crippen LogP) is 2.83. The van der Waals surface area contributed by atoms with E-state index in [-0.39, 0.29) is 23.4 Å². The standard InChI is InChI=1S/C23H24N4O4/c1-24-13-16(18-4-2-3-5-20(18)24)6-9-22(28)25-11-15-10-17(14-25)19-7-8-21(27(30)31)23(29)26(19)12-15/h2-5,7-8,13,15,17H,6,9-12,14H2,1H3/t15-,17?/m1/s1. The number of nitro groups is 1. The number of hydrogen-bond donors (Lipinski definition) is 0. The molecule has 1 amide bonds. The zero-order chi connectivity index (χ0) is 21.7. The summed E-state index contributed by atoms with van der Waals surface area (Å²) in [7, 11) is 2.02. The lowest BCUT2D eigenvalue weighted by molar-refractivity contribution is -0.386. The Kier molecular flexibility index (Phi) is 4.64. The highest BCUT2D eigenvalue weighted by molar-refractivity contribution is 5.85. The molecule has 1 saturated heterocycles. The fourth-order valence-corrected chi connectivity index (χ4v) is 5.30. The van der Waals surface area contributed by atoms with E-state index >= 15 is 0 Å². The molecule has 1 fully saturated rings. The first kappa shape index (κ1) is 19.5. The summed E-state index contributed by atoms with van der Waals surface area (Å²) in [6.07, 6.45) is 4.14. The molecule has 8 nitrogen and oxygen atoms in total. The Hall–Kier alpha value is -3.42. The van der Waals surface area contributed by atoms with Crippen LogP contribution >= 0.6 is 0 Å². The lowest BCUT2D eigenvalue weighted by Gasteiger charge is -2.42. The van der Waals surface area contributed by atoms with Crippen LogP contribution in [0.5, 0.6) is 0 Å². The maximum atomic E-state index is 13.0. The van der Waals surface area contributed by atoms with Gasteiger partial charge in [-0.1, -0.05) is 18.2 Å². The maximum Gasteiger partial charge on any atom is 0.334 e. The first-order valence-electron chi connectivity index (χ1n) is 10.6. The van der Waals surface area contributed by atoms with Crippen molar-refractivity contribution >= 4 is 22.5 Å². The second-order valence-electron chi connectivity index (χ2n) is 8.70. The SMILES string of the molecule is Cn1cc(CCC(=O)N2CC3C[C@H](C2)Cn2c3ccc([N+](=O)[O-])c2=O)c2ccccc21. The molecule has 0 aliphatic carbocycles. The molecule has 31 heavy (non-hydrogen) atoms. The van der Waals surface area contributed by atoms with E-state index < -0.39 is 10.5 Å². The first-order chi connectivity index (χ1) is 14.9. The van der Waals surface area contributed by atoms with E-state index in [4.69, 9.17) is 0 Å². The van der Waals surface area contributed by atoms with Gasteiger partial charge < -0.3 is 14.0 Å². The fraction of sp³-hybridized carbons (Fsp3) is 0.391. The average molecular weight is 420 g/mol. The quantitative estimate of drug-likeness (QED) is 0.479. The summed E-state index contributed by atoms with van der Waals surface area (Å²) in [5.41, 5.74) is 2.22. The number of piperidine rings is 1. The number of nitrogens with zero attached hydrogens (tertiary/aromatic N) is 4. The normalized spacial score (nSPS) is 20.0. The van der Waals surface area contributed by atoms with Crippen molar-refractivity contribution in [3.05, 3.63) is 74.3 Å². The van der Waals surface area contributed by atoms with Crippen molar-refractivity contribution in [3.63, 3.8) is 0 Å². The second kappa shape index (κ2) is 7.37. The minimum atomic E-state index is -0.622. The number of benzene rings is 1. The fourth-order valence-electron chi connectivity index (χ4n) is 5.30. The molecule has 0 N–H and O–H groups in total. The van der Waals surface area contributed by atoms with E-state index in [0.29, 0.717) is 32.5 Å². The summed E-state index contributed by atoms with van der Waals surface area (Å²) >= 11 is 0. The highest BCUT2D eigenvalue weighted by Gasteiger charge is 2.37. The van der Waals surface area contributed by atoms with Gasteiger partial charge in [-0.15, -0.1) is 0 Å². The number of amides is 1. The molecule has 8 heteroatoms. The summed E-state index contributed by atoms with van der Waals surface area (Å²) in [5.74, 6) is 0.315. The molecular weight excluding hydrogens is 396 g/mol. The molecule has 0 spiro atoms. The predicted molar refractivity (Wildman–Crippen MR) is 116 cm³/mol. The van der Waals surface area contributed by atoms with E-state index in [9.17, 15) is 19.7 Å². The summed E-state index contributed by atoms with van der Waals surface area (Å²) in [4.78, 5) is 37.9. The van der Waals surface area contributed by atoms with E-state index in [2.05, 4.69) is 22.9 Å². The van der Waals surface area contributed by atoms with Gasteiger partial charge in [0.15, 0.2) is 0 Å².